The number of hydrogen-bond acceptors (Lipinski definition) is 6. The number of aryl methyl sites for hydroxylation is 1. The Hall–Kier alpha value is -1.86. The van der Waals surface area contributed by atoms with Crippen LogP contribution in [0, 0.1) is 6.92 Å². The molecule has 1 atom stereocenters. The van der Waals surface area contributed by atoms with E-state index in [-0.39, 0.29) is 4.47 Å². The van der Waals surface area contributed by atoms with Crippen LogP contribution < -0.4 is 10.2 Å². The van der Waals surface area contributed by atoms with Gasteiger partial charge < -0.3 is 4.74 Å². The molecule has 0 bridgehead atoms. The van der Waals surface area contributed by atoms with Crippen LogP contribution in [0.4, 0.5) is 31.5 Å². The molecular weight excluding hydrogens is 468 g/mol. The quantitative estimate of drug-likeness (QED) is 0.326. The summed E-state index contributed by atoms with van der Waals surface area (Å²) in [5, 5.41) is 6.25. The molecule has 1 aromatic heterocycles. The summed E-state index contributed by atoms with van der Waals surface area (Å²) in [6.07, 6.45) is -13.1. The molecule has 0 fully saturated rings. The van der Waals surface area contributed by atoms with Crippen LogP contribution in [0.25, 0.3) is 0 Å². The normalized spacial score (nSPS) is 13.8. The van der Waals surface area contributed by atoms with Gasteiger partial charge in [-0.2, -0.15) is 13.9 Å². The molecule has 0 amide bonds. The fourth-order valence-electron chi connectivity index (χ4n) is 1.63. The highest BCUT2D eigenvalue weighted by Crippen LogP contribution is 2.35. The highest BCUT2D eigenvalue weighted by molar-refractivity contribution is 9.10. The lowest BCUT2D eigenvalue weighted by Gasteiger charge is -2.22. The third-order valence-corrected chi connectivity index (χ3v) is 4.18. The van der Waals surface area contributed by atoms with Crippen LogP contribution in [-0.4, -0.2) is 30.0 Å². The summed E-state index contributed by atoms with van der Waals surface area (Å²) in [6.45, 7) is 1.80. The van der Waals surface area contributed by atoms with Gasteiger partial charge in [-0.05, 0) is 46.6 Å². The minimum absolute atomic E-state index is 0.0598. The lowest BCUT2D eigenvalue weighted by molar-refractivity contribution is -0.411. The Balaban J connectivity index is 2.03. The van der Waals surface area contributed by atoms with Gasteiger partial charge >= 0.3 is 18.8 Å². The minimum Gasteiger partial charge on any atom is -0.427 e. The number of halogens is 7. The Labute approximate surface area is 161 Å². The van der Waals surface area contributed by atoms with Gasteiger partial charge in [-0.3, -0.25) is 5.43 Å². The highest BCUT2D eigenvalue weighted by Gasteiger charge is 2.50. The Morgan fingerprint density at radius 3 is 2.56 bits per heavy atom. The van der Waals surface area contributed by atoms with Gasteiger partial charge in [0.2, 0.25) is 5.13 Å². The first kappa shape index (κ1) is 21.4. The standard InChI is InChI=1S/C14H10BrF6N3O2S/c1-7-6-27-12(23-7)24-22-5-8-2-3-10(9(15)4-8)25-13(17,18)11(16)26-14(19,20)21/h2-6,11H,1H3,(H,23,24). The van der Waals surface area contributed by atoms with Crippen molar-refractivity contribution in [2.45, 2.75) is 25.8 Å². The van der Waals surface area contributed by atoms with Gasteiger partial charge in [-0.15, -0.1) is 24.5 Å². The van der Waals surface area contributed by atoms with Crippen molar-refractivity contribution in [2.24, 2.45) is 5.10 Å². The second kappa shape index (κ2) is 8.44. The van der Waals surface area contributed by atoms with Gasteiger partial charge in [-0.1, -0.05) is 0 Å². The van der Waals surface area contributed by atoms with Gasteiger partial charge in [0.1, 0.15) is 5.75 Å². The third kappa shape index (κ3) is 6.66. The van der Waals surface area contributed by atoms with Gasteiger partial charge in [0.25, 0.3) is 0 Å². The molecule has 0 saturated heterocycles. The molecule has 1 aromatic carbocycles. The zero-order valence-corrected chi connectivity index (χ0v) is 15.6. The Bertz CT molecular complexity index is 814. The van der Waals surface area contributed by atoms with E-state index in [1.807, 2.05) is 0 Å². The predicted octanol–water partition coefficient (Wildman–Crippen LogP) is 5.46. The Morgan fingerprint density at radius 2 is 2.00 bits per heavy atom. The van der Waals surface area contributed by atoms with Crippen molar-refractivity contribution < 1.29 is 35.8 Å². The smallest absolute Gasteiger partial charge is 0.427 e. The maximum Gasteiger partial charge on any atom is 0.525 e. The van der Waals surface area contributed by atoms with Crippen molar-refractivity contribution in [2.75, 3.05) is 5.43 Å². The molecule has 27 heavy (non-hydrogen) atoms. The van der Waals surface area contributed by atoms with Gasteiger partial charge in [0.15, 0.2) is 0 Å². The van der Waals surface area contributed by atoms with E-state index in [0.717, 1.165) is 11.8 Å². The second-order valence-corrected chi connectivity index (χ2v) is 6.61. The Kier molecular flexibility index (Phi) is 6.70. The van der Waals surface area contributed by atoms with Crippen molar-refractivity contribution in [1.29, 1.82) is 0 Å². The first-order chi connectivity index (χ1) is 12.5. The molecule has 5 nitrogen and oxygen atoms in total. The van der Waals surface area contributed by atoms with Crippen molar-refractivity contribution >= 4 is 38.6 Å². The first-order valence-electron chi connectivity index (χ1n) is 6.92. The van der Waals surface area contributed by atoms with E-state index < -0.39 is 24.6 Å². The second-order valence-electron chi connectivity index (χ2n) is 4.90. The number of rotatable bonds is 7. The Morgan fingerprint density at radius 1 is 1.30 bits per heavy atom. The number of nitrogens with zero attached hydrogens (tertiary/aromatic N) is 2. The molecular formula is C14H10BrF6N3O2S. The van der Waals surface area contributed by atoms with E-state index in [9.17, 15) is 26.3 Å². The predicted molar refractivity (Wildman–Crippen MR) is 89.8 cm³/mol. The maximum atomic E-state index is 13.4. The molecule has 1 unspecified atom stereocenters. The SMILES string of the molecule is Cc1csc(NN=Cc2ccc(OC(F)(F)C(F)OC(F)(F)F)c(Br)c2)n1. The number of anilines is 1. The molecule has 0 saturated carbocycles. The van der Waals surface area contributed by atoms with E-state index in [2.05, 4.69) is 40.9 Å². The molecule has 0 aliphatic rings. The molecule has 148 valence electrons. The van der Waals surface area contributed by atoms with E-state index in [1.54, 1.807) is 12.3 Å². The highest BCUT2D eigenvalue weighted by atomic mass is 79.9. The number of alkyl halides is 6. The number of thiazole rings is 1. The van der Waals surface area contributed by atoms with E-state index in [4.69, 9.17) is 0 Å². The fourth-order valence-corrected chi connectivity index (χ4v) is 2.74. The molecule has 0 aliphatic carbocycles. The van der Waals surface area contributed by atoms with E-state index >= 15 is 0 Å². The number of aromatic nitrogens is 1. The lowest BCUT2D eigenvalue weighted by Crippen LogP contribution is -2.41. The molecule has 1 heterocycles. The van der Waals surface area contributed by atoms with Gasteiger partial charge in [-0.25, -0.2) is 14.1 Å². The fraction of sp³-hybridized carbons (Fsp3) is 0.286. The number of hydrazone groups is 1. The van der Waals surface area contributed by atoms with Crippen molar-refractivity contribution in [3.8, 4) is 5.75 Å². The van der Waals surface area contributed by atoms with Crippen LogP contribution in [0.15, 0.2) is 33.2 Å². The zero-order valence-electron chi connectivity index (χ0n) is 13.2. The monoisotopic (exact) mass is 477 g/mol. The summed E-state index contributed by atoms with van der Waals surface area (Å²) in [6, 6.07) is 3.58. The molecule has 2 aromatic rings. The molecule has 0 radical (unpaired) electrons. The van der Waals surface area contributed by atoms with Gasteiger partial charge in [0, 0.05) is 5.38 Å². The van der Waals surface area contributed by atoms with Crippen molar-refractivity contribution in [3.63, 3.8) is 0 Å². The topological polar surface area (TPSA) is 55.7 Å². The molecule has 2 rings (SSSR count). The molecule has 1 N–H and O–H groups in total. The zero-order chi connectivity index (χ0) is 20.2. The summed E-state index contributed by atoms with van der Waals surface area (Å²) in [7, 11) is 0. The van der Waals surface area contributed by atoms with Crippen LogP contribution >= 0.6 is 27.3 Å². The number of ether oxygens (including phenoxy) is 2. The summed E-state index contributed by atoms with van der Waals surface area (Å²) in [5.74, 6) is -0.589. The summed E-state index contributed by atoms with van der Waals surface area (Å²) in [5.41, 5.74) is 3.90. The van der Waals surface area contributed by atoms with Crippen LogP contribution in [0.1, 0.15) is 11.3 Å². The van der Waals surface area contributed by atoms with Crippen LogP contribution in [0.3, 0.4) is 0 Å². The average molecular weight is 478 g/mol. The van der Waals surface area contributed by atoms with E-state index in [1.165, 1.54) is 29.7 Å². The average Bonchev–Trinajstić information content (AvgIpc) is 2.93. The first-order valence-corrected chi connectivity index (χ1v) is 8.60. The maximum absolute atomic E-state index is 13.4. The van der Waals surface area contributed by atoms with E-state index in [0.29, 0.717) is 10.7 Å². The summed E-state index contributed by atoms with van der Waals surface area (Å²) in [4.78, 5) is 4.11. The minimum atomic E-state index is -5.58. The van der Waals surface area contributed by atoms with Gasteiger partial charge in [0.05, 0.1) is 16.4 Å². The van der Waals surface area contributed by atoms with Crippen molar-refractivity contribution in [1.82, 2.24) is 4.98 Å². The number of hydrogen-bond donors (Lipinski definition) is 1. The molecule has 0 spiro atoms. The number of benzene rings is 1. The largest absolute Gasteiger partial charge is 0.525 e. The third-order valence-electron chi connectivity index (χ3n) is 2.70. The van der Waals surface area contributed by atoms with Crippen molar-refractivity contribution in [3.05, 3.63) is 39.3 Å². The van der Waals surface area contributed by atoms with Crippen LogP contribution in [0.2, 0.25) is 0 Å². The van der Waals surface area contributed by atoms with Crippen LogP contribution in [0.5, 0.6) is 5.75 Å². The molecule has 13 heteroatoms. The number of nitrogens with one attached hydrogen (secondary N) is 1. The summed E-state index contributed by atoms with van der Waals surface area (Å²) >= 11 is 4.24. The lowest BCUT2D eigenvalue weighted by atomic mass is 10.2. The summed E-state index contributed by atoms with van der Waals surface area (Å²) < 4.78 is 82.1. The molecule has 0 aliphatic heterocycles. The van der Waals surface area contributed by atoms with Crippen LogP contribution in [-0.2, 0) is 4.74 Å².